The Morgan fingerprint density at radius 2 is 2.06 bits per heavy atom. The lowest BCUT2D eigenvalue weighted by molar-refractivity contribution is 0.100. The normalized spacial score (nSPS) is 10.4. The molecule has 0 saturated heterocycles. The summed E-state index contributed by atoms with van der Waals surface area (Å²) in [5, 5.41) is 0.0825. The number of rotatable bonds is 2. The molecule has 2 rings (SSSR count). The Morgan fingerprint density at radius 1 is 1.31 bits per heavy atom. The summed E-state index contributed by atoms with van der Waals surface area (Å²) in [5.74, 6) is -0.511. The van der Waals surface area contributed by atoms with Gasteiger partial charge in [-0.1, -0.05) is 17.7 Å². The Labute approximate surface area is 96.6 Å². The van der Waals surface area contributed by atoms with Crippen molar-refractivity contribution < 1.29 is 13.6 Å². The first-order valence-corrected chi connectivity index (χ1v) is 5.02. The van der Waals surface area contributed by atoms with E-state index in [4.69, 9.17) is 16.0 Å². The minimum atomic E-state index is -0.647. The van der Waals surface area contributed by atoms with Crippen LogP contribution in [0, 0.1) is 12.7 Å². The molecule has 0 aliphatic rings. The standard InChI is InChI=1S/C12H8ClFO2/c1-7-5-6-10(16-7)12(15)11-8(13)3-2-4-9(11)14/h2-6H,1H3. The molecular formula is C12H8ClFO2. The van der Waals surface area contributed by atoms with Crippen LogP contribution in [-0.2, 0) is 0 Å². The number of carbonyl (C=O) groups is 1. The summed E-state index contributed by atoms with van der Waals surface area (Å²) in [6.07, 6.45) is 0. The lowest BCUT2D eigenvalue weighted by Gasteiger charge is -2.02. The quantitative estimate of drug-likeness (QED) is 0.748. The van der Waals surface area contributed by atoms with E-state index >= 15 is 0 Å². The number of ketones is 1. The minimum absolute atomic E-state index is 0.0825. The molecule has 82 valence electrons. The predicted octanol–water partition coefficient (Wildman–Crippen LogP) is 3.61. The highest BCUT2D eigenvalue weighted by molar-refractivity contribution is 6.34. The van der Waals surface area contributed by atoms with Gasteiger partial charge in [0.15, 0.2) is 5.76 Å². The minimum Gasteiger partial charge on any atom is -0.458 e. The second-order valence-corrected chi connectivity index (χ2v) is 3.74. The zero-order chi connectivity index (χ0) is 11.7. The van der Waals surface area contributed by atoms with Gasteiger partial charge in [0.05, 0.1) is 10.6 Å². The number of furan rings is 1. The number of halogens is 2. The fraction of sp³-hybridized carbons (Fsp3) is 0.0833. The first-order chi connectivity index (χ1) is 7.59. The third kappa shape index (κ3) is 1.86. The van der Waals surface area contributed by atoms with Gasteiger partial charge in [-0.15, -0.1) is 0 Å². The fourth-order valence-corrected chi connectivity index (χ4v) is 1.64. The number of benzene rings is 1. The van der Waals surface area contributed by atoms with Crippen molar-refractivity contribution in [2.24, 2.45) is 0 Å². The van der Waals surface area contributed by atoms with Gasteiger partial charge >= 0.3 is 0 Å². The molecule has 0 fully saturated rings. The maximum absolute atomic E-state index is 13.4. The van der Waals surface area contributed by atoms with E-state index in [0.717, 1.165) is 0 Å². The zero-order valence-corrected chi connectivity index (χ0v) is 9.22. The van der Waals surface area contributed by atoms with E-state index in [0.29, 0.717) is 5.76 Å². The second-order valence-electron chi connectivity index (χ2n) is 3.34. The number of carbonyl (C=O) groups excluding carboxylic acids is 1. The molecule has 1 aromatic carbocycles. The monoisotopic (exact) mass is 238 g/mol. The summed E-state index contributed by atoms with van der Waals surface area (Å²) < 4.78 is 18.6. The molecular weight excluding hydrogens is 231 g/mol. The average molecular weight is 239 g/mol. The topological polar surface area (TPSA) is 30.2 Å². The molecule has 0 unspecified atom stereocenters. The van der Waals surface area contributed by atoms with Gasteiger partial charge < -0.3 is 4.42 Å². The molecule has 0 saturated carbocycles. The van der Waals surface area contributed by atoms with Gasteiger partial charge in [-0.3, -0.25) is 4.79 Å². The van der Waals surface area contributed by atoms with Gasteiger partial charge in [0.1, 0.15) is 11.6 Å². The maximum Gasteiger partial charge on any atom is 0.232 e. The summed E-state index contributed by atoms with van der Waals surface area (Å²) in [5.41, 5.74) is -0.154. The van der Waals surface area contributed by atoms with Crippen molar-refractivity contribution in [1.29, 1.82) is 0 Å². The second kappa shape index (κ2) is 4.10. The van der Waals surface area contributed by atoms with Gasteiger partial charge in [0.2, 0.25) is 5.78 Å². The lowest BCUT2D eigenvalue weighted by atomic mass is 10.1. The molecule has 0 aliphatic heterocycles. The van der Waals surface area contributed by atoms with Crippen LogP contribution in [0.25, 0.3) is 0 Å². The molecule has 2 nitrogen and oxygen atoms in total. The van der Waals surface area contributed by atoms with Crippen LogP contribution in [0.15, 0.2) is 34.7 Å². The van der Waals surface area contributed by atoms with Crippen molar-refractivity contribution in [3.05, 3.63) is 58.3 Å². The highest BCUT2D eigenvalue weighted by Crippen LogP contribution is 2.23. The van der Waals surface area contributed by atoms with Crippen molar-refractivity contribution in [3.8, 4) is 0 Å². The van der Waals surface area contributed by atoms with Crippen LogP contribution >= 0.6 is 11.6 Å². The van der Waals surface area contributed by atoms with Gasteiger partial charge in [-0.2, -0.15) is 0 Å². The molecule has 0 N–H and O–H groups in total. The molecule has 2 aromatic rings. The van der Waals surface area contributed by atoms with E-state index in [1.807, 2.05) is 0 Å². The Morgan fingerprint density at radius 3 is 2.62 bits per heavy atom. The maximum atomic E-state index is 13.4. The molecule has 1 aromatic heterocycles. The number of hydrogen-bond acceptors (Lipinski definition) is 2. The van der Waals surface area contributed by atoms with Crippen LogP contribution in [0.3, 0.4) is 0 Å². The fourth-order valence-electron chi connectivity index (χ4n) is 1.39. The smallest absolute Gasteiger partial charge is 0.232 e. The van der Waals surface area contributed by atoms with Gasteiger partial charge in [0.25, 0.3) is 0 Å². The Bertz CT molecular complexity index is 525. The molecule has 0 radical (unpaired) electrons. The summed E-state index contributed by atoms with van der Waals surface area (Å²) in [6, 6.07) is 7.24. The Balaban J connectivity index is 2.49. The van der Waals surface area contributed by atoms with E-state index in [9.17, 15) is 9.18 Å². The summed E-state index contributed by atoms with van der Waals surface area (Å²) in [6.45, 7) is 1.71. The number of aryl methyl sites for hydroxylation is 1. The van der Waals surface area contributed by atoms with Crippen molar-refractivity contribution in [2.45, 2.75) is 6.92 Å². The van der Waals surface area contributed by atoms with E-state index in [-0.39, 0.29) is 16.3 Å². The highest BCUT2D eigenvalue weighted by atomic mass is 35.5. The van der Waals surface area contributed by atoms with Crippen molar-refractivity contribution in [3.63, 3.8) is 0 Å². The van der Waals surface area contributed by atoms with E-state index in [2.05, 4.69) is 0 Å². The first kappa shape index (κ1) is 10.9. The highest BCUT2D eigenvalue weighted by Gasteiger charge is 2.19. The van der Waals surface area contributed by atoms with Crippen molar-refractivity contribution in [1.82, 2.24) is 0 Å². The van der Waals surface area contributed by atoms with Crippen molar-refractivity contribution >= 4 is 17.4 Å². The molecule has 0 amide bonds. The van der Waals surface area contributed by atoms with Gasteiger partial charge in [-0.25, -0.2) is 4.39 Å². The third-order valence-electron chi connectivity index (χ3n) is 2.15. The summed E-state index contributed by atoms with van der Waals surface area (Å²) >= 11 is 5.78. The molecule has 1 heterocycles. The van der Waals surface area contributed by atoms with Crippen LogP contribution in [0.2, 0.25) is 5.02 Å². The molecule has 0 bridgehead atoms. The van der Waals surface area contributed by atoms with Crippen LogP contribution in [0.5, 0.6) is 0 Å². The largest absolute Gasteiger partial charge is 0.458 e. The van der Waals surface area contributed by atoms with Gasteiger partial charge in [0, 0.05) is 0 Å². The first-order valence-electron chi connectivity index (χ1n) is 4.65. The molecule has 4 heteroatoms. The zero-order valence-electron chi connectivity index (χ0n) is 8.46. The average Bonchev–Trinajstić information content (AvgIpc) is 2.64. The molecule has 0 aliphatic carbocycles. The molecule has 16 heavy (non-hydrogen) atoms. The molecule has 0 spiro atoms. The molecule has 0 atom stereocenters. The lowest BCUT2D eigenvalue weighted by Crippen LogP contribution is -2.03. The third-order valence-corrected chi connectivity index (χ3v) is 2.47. The van der Waals surface area contributed by atoms with E-state index in [1.165, 1.54) is 24.3 Å². The summed E-state index contributed by atoms with van der Waals surface area (Å²) in [4.78, 5) is 11.9. The SMILES string of the molecule is Cc1ccc(C(=O)c2c(F)cccc2Cl)o1. The van der Waals surface area contributed by atoms with Crippen LogP contribution < -0.4 is 0 Å². The van der Waals surface area contributed by atoms with E-state index < -0.39 is 11.6 Å². The van der Waals surface area contributed by atoms with Crippen LogP contribution in [0.1, 0.15) is 21.9 Å². The van der Waals surface area contributed by atoms with Gasteiger partial charge in [-0.05, 0) is 31.2 Å². The predicted molar refractivity (Wildman–Crippen MR) is 58.3 cm³/mol. The van der Waals surface area contributed by atoms with E-state index in [1.54, 1.807) is 13.0 Å². The summed E-state index contributed by atoms with van der Waals surface area (Å²) in [7, 11) is 0. The Kier molecular flexibility index (Phi) is 2.79. The Hall–Kier alpha value is -1.61. The van der Waals surface area contributed by atoms with Crippen LogP contribution in [-0.4, -0.2) is 5.78 Å². The van der Waals surface area contributed by atoms with Crippen molar-refractivity contribution in [2.75, 3.05) is 0 Å². The van der Waals surface area contributed by atoms with Crippen LogP contribution in [0.4, 0.5) is 4.39 Å². The number of hydrogen-bond donors (Lipinski definition) is 0.